The lowest BCUT2D eigenvalue weighted by Gasteiger charge is -2.25. The van der Waals surface area contributed by atoms with Gasteiger partial charge in [0.15, 0.2) is 5.76 Å². The van der Waals surface area contributed by atoms with E-state index in [0.717, 1.165) is 22.0 Å². The van der Waals surface area contributed by atoms with Gasteiger partial charge in [-0.25, -0.2) is 4.79 Å². The maximum absolute atomic E-state index is 12.4. The first-order valence-electron chi connectivity index (χ1n) is 11.4. The number of nitrogens with zero attached hydrogens (tertiary/aromatic N) is 1. The Bertz CT molecular complexity index is 980. The lowest BCUT2D eigenvalue weighted by molar-refractivity contribution is 0.152. The van der Waals surface area contributed by atoms with Crippen molar-refractivity contribution >= 4 is 23.1 Å². The van der Waals surface area contributed by atoms with Crippen LogP contribution in [0.5, 0.6) is 0 Å². The van der Waals surface area contributed by atoms with Crippen LogP contribution in [0.3, 0.4) is 0 Å². The highest BCUT2D eigenvalue weighted by atomic mass is 32.1. The summed E-state index contributed by atoms with van der Waals surface area (Å²) in [6.45, 7) is 3.01. The van der Waals surface area contributed by atoms with Crippen LogP contribution < -0.4 is 10.6 Å². The van der Waals surface area contributed by atoms with Gasteiger partial charge in [-0.1, -0.05) is 61.5 Å². The molecule has 1 aromatic carbocycles. The highest BCUT2D eigenvalue weighted by Gasteiger charge is 2.17. The fourth-order valence-electron chi connectivity index (χ4n) is 4.29. The fraction of sp³-hybridized carbons (Fsp3) is 0.440. The van der Waals surface area contributed by atoms with Gasteiger partial charge in [-0.05, 0) is 42.3 Å². The highest BCUT2D eigenvalue weighted by molar-refractivity contribution is 7.13. The molecule has 0 aliphatic heterocycles. The van der Waals surface area contributed by atoms with Gasteiger partial charge in [-0.2, -0.15) is 0 Å². The number of ether oxygens (including phenoxy) is 1. The number of carbonyl (C=O) groups excluding carboxylic acids is 1. The van der Waals surface area contributed by atoms with Crippen molar-refractivity contribution in [2.24, 2.45) is 5.92 Å². The number of para-hydroxylation sites is 1. The molecule has 32 heavy (non-hydrogen) atoms. The fourth-order valence-corrected chi connectivity index (χ4v) is 4.96. The molecule has 3 aromatic rings. The van der Waals surface area contributed by atoms with Gasteiger partial charge < -0.3 is 14.6 Å². The molecular weight excluding hydrogens is 422 g/mol. The SMILES string of the molecule is C[C@@H](CC1CCCCC1)NCc1ccccc1NC(=O)OCc1cc(-c2cccs2)on1. The first-order chi connectivity index (χ1) is 15.7. The van der Waals surface area contributed by atoms with E-state index in [0.29, 0.717) is 24.0 Å². The molecule has 0 bridgehead atoms. The van der Waals surface area contributed by atoms with Gasteiger partial charge >= 0.3 is 6.09 Å². The third-order valence-electron chi connectivity index (χ3n) is 5.98. The smallest absolute Gasteiger partial charge is 0.412 e. The average Bonchev–Trinajstić information content (AvgIpc) is 3.50. The van der Waals surface area contributed by atoms with Gasteiger partial charge in [0, 0.05) is 24.3 Å². The zero-order valence-corrected chi connectivity index (χ0v) is 19.3. The van der Waals surface area contributed by atoms with Crippen molar-refractivity contribution in [3.05, 3.63) is 59.1 Å². The molecule has 2 heterocycles. The molecule has 4 rings (SSSR count). The number of nitrogens with one attached hydrogen (secondary N) is 2. The predicted molar refractivity (Wildman–Crippen MR) is 128 cm³/mol. The molecule has 0 unspecified atom stereocenters. The quantitative estimate of drug-likeness (QED) is 0.382. The zero-order chi connectivity index (χ0) is 22.2. The minimum Gasteiger partial charge on any atom is -0.443 e. The summed E-state index contributed by atoms with van der Waals surface area (Å²) in [7, 11) is 0. The van der Waals surface area contributed by atoms with Crippen LogP contribution in [-0.2, 0) is 17.9 Å². The first kappa shape index (κ1) is 22.6. The van der Waals surface area contributed by atoms with Gasteiger partial charge in [-0.3, -0.25) is 5.32 Å². The maximum atomic E-state index is 12.4. The van der Waals surface area contributed by atoms with Crippen molar-refractivity contribution in [3.8, 4) is 10.6 Å². The Kier molecular flexibility index (Phi) is 7.96. The van der Waals surface area contributed by atoms with Crippen LogP contribution in [0.15, 0.2) is 52.4 Å². The van der Waals surface area contributed by atoms with E-state index in [1.54, 1.807) is 17.4 Å². The molecule has 1 fully saturated rings. The number of thiophene rings is 1. The highest BCUT2D eigenvalue weighted by Crippen LogP contribution is 2.28. The van der Waals surface area contributed by atoms with E-state index in [4.69, 9.17) is 9.26 Å². The second kappa shape index (κ2) is 11.3. The van der Waals surface area contributed by atoms with Crippen LogP contribution in [0.2, 0.25) is 0 Å². The van der Waals surface area contributed by atoms with Crippen LogP contribution in [0, 0.1) is 5.92 Å². The summed E-state index contributed by atoms with van der Waals surface area (Å²) in [5.41, 5.74) is 2.38. The largest absolute Gasteiger partial charge is 0.443 e. The van der Waals surface area contributed by atoms with Crippen LogP contribution in [0.25, 0.3) is 10.6 Å². The second-order valence-corrected chi connectivity index (χ2v) is 9.49. The number of aromatic nitrogens is 1. The molecule has 1 atom stereocenters. The monoisotopic (exact) mass is 453 g/mol. The normalized spacial score (nSPS) is 15.4. The number of amides is 1. The molecule has 7 heteroatoms. The maximum Gasteiger partial charge on any atom is 0.412 e. The van der Waals surface area contributed by atoms with Crippen molar-refractivity contribution < 1.29 is 14.1 Å². The summed E-state index contributed by atoms with van der Waals surface area (Å²) >= 11 is 1.57. The standard InChI is InChI=1S/C25H31N3O3S/c1-18(14-19-8-3-2-4-9-19)26-16-20-10-5-6-11-22(20)27-25(29)30-17-21-15-23(31-28-21)24-12-7-13-32-24/h5-7,10-13,15,18-19,26H,2-4,8-9,14,16-17H2,1H3,(H,27,29)/t18-/m0/s1. The lowest BCUT2D eigenvalue weighted by Crippen LogP contribution is -2.29. The molecule has 0 spiro atoms. The summed E-state index contributed by atoms with van der Waals surface area (Å²) < 4.78 is 10.7. The molecule has 1 aliphatic carbocycles. The van der Waals surface area contributed by atoms with E-state index >= 15 is 0 Å². The van der Waals surface area contributed by atoms with Crippen LogP contribution in [-0.4, -0.2) is 17.3 Å². The van der Waals surface area contributed by atoms with Crippen LogP contribution >= 0.6 is 11.3 Å². The molecule has 0 saturated heterocycles. The average molecular weight is 454 g/mol. The van der Waals surface area contributed by atoms with Crippen molar-refractivity contribution in [1.82, 2.24) is 10.5 Å². The molecular formula is C25H31N3O3S. The van der Waals surface area contributed by atoms with E-state index in [-0.39, 0.29) is 6.61 Å². The predicted octanol–water partition coefficient (Wildman–Crippen LogP) is 6.60. The summed E-state index contributed by atoms with van der Waals surface area (Å²) in [5, 5.41) is 12.4. The van der Waals surface area contributed by atoms with Gasteiger partial charge in [-0.15, -0.1) is 11.3 Å². The summed E-state index contributed by atoms with van der Waals surface area (Å²) in [5.74, 6) is 1.52. The van der Waals surface area contributed by atoms with Crippen molar-refractivity contribution in [3.63, 3.8) is 0 Å². The van der Waals surface area contributed by atoms with E-state index in [2.05, 4.69) is 22.7 Å². The number of carbonyl (C=O) groups is 1. The first-order valence-corrected chi connectivity index (χ1v) is 12.3. The Morgan fingerprint density at radius 1 is 1.22 bits per heavy atom. The molecule has 1 aliphatic rings. The number of hydrogen-bond acceptors (Lipinski definition) is 6. The van der Waals surface area contributed by atoms with Gasteiger partial charge in [0.2, 0.25) is 0 Å². The Morgan fingerprint density at radius 2 is 2.06 bits per heavy atom. The lowest BCUT2D eigenvalue weighted by atomic mass is 9.85. The number of anilines is 1. The topological polar surface area (TPSA) is 76.4 Å². The third kappa shape index (κ3) is 6.43. The Balaban J connectivity index is 1.25. The molecule has 1 saturated carbocycles. The van der Waals surface area contributed by atoms with Crippen molar-refractivity contribution in [2.45, 2.75) is 64.6 Å². The molecule has 2 N–H and O–H groups in total. The Morgan fingerprint density at radius 3 is 2.88 bits per heavy atom. The van der Waals surface area contributed by atoms with E-state index in [9.17, 15) is 4.79 Å². The zero-order valence-electron chi connectivity index (χ0n) is 18.5. The molecule has 170 valence electrons. The molecule has 6 nitrogen and oxygen atoms in total. The minimum absolute atomic E-state index is 0.0551. The van der Waals surface area contributed by atoms with Gasteiger partial charge in [0.25, 0.3) is 0 Å². The summed E-state index contributed by atoms with van der Waals surface area (Å²) in [6.07, 6.45) is 7.55. The number of benzene rings is 1. The van der Waals surface area contributed by atoms with Crippen molar-refractivity contribution in [1.29, 1.82) is 0 Å². The van der Waals surface area contributed by atoms with E-state index in [1.165, 1.54) is 38.5 Å². The van der Waals surface area contributed by atoms with Crippen LogP contribution in [0.1, 0.15) is 56.7 Å². The summed E-state index contributed by atoms with van der Waals surface area (Å²) in [4.78, 5) is 13.4. The molecule has 2 aromatic heterocycles. The van der Waals surface area contributed by atoms with E-state index in [1.807, 2.05) is 41.8 Å². The Labute approximate surface area is 193 Å². The molecule has 1 amide bonds. The second-order valence-electron chi connectivity index (χ2n) is 8.54. The van der Waals surface area contributed by atoms with Crippen LogP contribution in [0.4, 0.5) is 10.5 Å². The van der Waals surface area contributed by atoms with Crippen molar-refractivity contribution in [2.75, 3.05) is 5.32 Å². The number of rotatable bonds is 9. The van der Waals surface area contributed by atoms with Gasteiger partial charge in [0.1, 0.15) is 12.3 Å². The minimum atomic E-state index is -0.506. The third-order valence-corrected chi connectivity index (χ3v) is 6.87. The van der Waals surface area contributed by atoms with Gasteiger partial charge in [0.05, 0.1) is 4.88 Å². The Hall–Kier alpha value is -2.64. The summed E-state index contributed by atoms with van der Waals surface area (Å²) in [6, 6.07) is 14.0. The van der Waals surface area contributed by atoms with E-state index < -0.39 is 6.09 Å². The molecule has 0 radical (unpaired) electrons. The number of hydrogen-bond donors (Lipinski definition) is 2.